The van der Waals surface area contributed by atoms with E-state index in [9.17, 15) is 0 Å². The minimum absolute atomic E-state index is 0.353. The van der Waals surface area contributed by atoms with Gasteiger partial charge in [-0.25, -0.2) is 0 Å². The van der Waals surface area contributed by atoms with Gasteiger partial charge in [0.05, 0.1) is 0 Å². The molecule has 1 nitrogen and oxygen atoms in total. The van der Waals surface area contributed by atoms with Crippen molar-refractivity contribution in [3.63, 3.8) is 0 Å². The molecule has 0 aromatic carbocycles. The van der Waals surface area contributed by atoms with Gasteiger partial charge in [0.2, 0.25) is 0 Å². The third-order valence-electron chi connectivity index (χ3n) is 2.12. The van der Waals surface area contributed by atoms with Crippen molar-refractivity contribution >= 4 is 0 Å². The zero-order valence-electron chi connectivity index (χ0n) is 5.88. The van der Waals surface area contributed by atoms with Gasteiger partial charge < -0.3 is 5.11 Å². The van der Waals surface area contributed by atoms with Crippen LogP contribution in [0.1, 0.15) is 19.8 Å². The van der Waals surface area contributed by atoms with Crippen molar-refractivity contribution < 1.29 is 5.11 Å². The Morgan fingerprint density at radius 1 is 1.67 bits per heavy atom. The Balaban J connectivity index is 2.44. The summed E-state index contributed by atoms with van der Waals surface area (Å²) in [4.78, 5) is 0. The molecule has 0 amide bonds. The van der Waals surface area contributed by atoms with Gasteiger partial charge in [-0.05, 0) is 24.7 Å². The van der Waals surface area contributed by atoms with Crippen LogP contribution in [0.2, 0.25) is 0 Å². The molecule has 52 valence electrons. The highest BCUT2D eigenvalue weighted by atomic mass is 16.3. The van der Waals surface area contributed by atoms with E-state index in [1.54, 1.807) is 0 Å². The van der Waals surface area contributed by atoms with Gasteiger partial charge in [0.15, 0.2) is 0 Å². The van der Waals surface area contributed by atoms with Gasteiger partial charge in [-0.1, -0.05) is 19.1 Å². The normalized spacial score (nSPS) is 34.9. The average Bonchev–Trinajstić information content (AvgIpc) is 1.89. The number of allylic oxidation sites excluding steroid dienone is 2. The highest BCUT2D eigenvalue weighted by molar-refractivity contribution is 4.94. The molecule has 9 heavy (non-hydrogen) atoms. The molecule has 1 rings (SSSR count). The van der Waals surface area contributed by atoms with Crippen LogP contribution >= 0.6 is 0 Å². The Morgan fingerprint density at radius 3 is 2.89 bits per heavy atom. The second kappa shape index (κ2) is 3.02. The Hall–Kier alpha value is -0.300. The van der Waals surface area contributed by atoms with Crippen molar-refractivity contribution in [3.05, 3.63) is 12.2 Å². The van der Waals surface area contributed by atoms with Gasteiger partial charge in [0.1, 0.15) is 0 Å². The third-order valence-corrected chi connectivity index (χ3v) is 2.12. The zero-order chi connectivity index (χ0) is 6.69. The van der Waals surface area contributed by atoms with Crippen molar-refractivity contribution in [1.82, 2.24) is 0 Å². The van der Waals surface area contributed by atoms with E-state index in [4.69, 9.17) is 5.11 Å². The maximum atomic E-state index is 8.83. The standard InChI is InChI=1S/C8H14O/c1-7-4-2-3-5-8(7)6-9/h2,4,7-9H,3,5-6H2,1H3/t7-,8-/m0/s1. The minimum atomic E-state index is 0.353. The molecule has 0 spiro atoms. The third kappa shape index (κ3) is 1.55. The highest BCUT2D eigenvalue weighted by Gasteiger charge is 2.15. The van der Waals surface area contributed by atoms with Crippen molar-refractivity contribution in [1.29, 1.82) is 0 Å². The lowest BCUT2D eigenvalue weighted by atomic mass is 9.86. The fraction of sp³-hybridized carbons (Fsp3) is 0.750. The molecular formula is C8H14O. The maximum absolute atomic E-state index is 8.83. The number of aliphatic hydroxyl groups is 1. The topological polar surface area (TPSA) is 20.2 Å². The van der Waals surface area contributed by atoms with Crippen molar-refractivity contribution in [2.75, 3.05) is 6.61 Å². The first-order valence-electron chi connectivity index (χ1n) is 3.62. The van der Waals surface area contributed by atoms with E-state index in [1.807, 2.05) is 0 Å². The van der Waals surface area contributed by atoms with Crippen LogP contribution in [0.4, 0.5) is 0 Å². The van der Waals surface area contributed by atoms with Crippen molar-refractivity contribution in [2.45, 2.75) is 19.8 Å². The maximum Gasteiger partial charge on any atom is 0.0464 e. The van der Waals surface area contributed by atoms with E-state index < -0.39 is 0 Å². The van der Waals surface area contributed by atoms with Gasteiger partial charge in [-0.3, -0.25) is 0 Å². The molecule has 0 fully saturated rings. The van der Waals surface area contributed by atoms with Gasteiger partial charge in [-0.2, -0.15) is 0 Å². The molecule has 1 N–H and O–H groups in total. The van der Waals surface area contributed by atoms with Crippen LogP contribution < -0.4 is 0 Å². The van der Waals surface area contributed by atoms with Gasteiger partial charge in [0.25, 0.3) is 0 Å². The molecule has 1 aliphatic rings. The van der Waals surface area contributed by atoms with E-state index in [2.05, 4.69) is 19.1 Å². The Labute approximate surface area is 56.4 Å². The number of hydrogen-bond acceptors (Lipinski definition) is 1. The lowest BCUT2D eigenvalue weighted by Gasteiger charge is -2.21. The number of aliphatic hydroxyl groups excluding tert-OH is 1. The quantitative estimate of drug-likeness (QED) is 0.529. The predicted molar refractivity (Wildman–Crippen MR) is 38.1 cm³/mol. The molecule has 0 heterocycles. The van der Waals surface area contributed by atoms with Crippen LogP contribution in [0, 0.1) is 11.8 Å². The lowest BCUT2D eigenvalue weighted by Crippen LogP contribution is -2.16. The van der Waals surface area contributed by atoms with E-state index >= 15 is 0 Å². The molecule has 1 heteroatoms. The molecule has 0 saturated heterocycles. The lowest BCUT2D eigenvalue weighted by molar-refractivity contribution is 0.187. The van der Waals surface area contributed by atoms with E-state index in [1.165, 1.54) is 0 Å². The van der Waals surface area contributed by atoms with Crippen LogP contribution in [0.3, 0.4) is 0 Å². The van der Waals surface area contributed by atoms with Crippen LogP contribution in [-0.4, -0.2) is 11.7 Å². The zero-order valence-corrected chi connectivity index (χ0v) is 5.88. The molecule has 0 aromatic rings. The second-order valence-corrected chi connectivity index (χ2v) is 2.81. The molecular weight excluding hydrogens is 112 g/mol. The number of hydrogen-bond donors (Lipinski definition) is 1. The molecule has 0 aliphatic heterocycles. The molecule has 0 aromatic heterocycles. The summed E-state index contributed by atoms with van der Waals surface area (Å²) in [6, 6.07) is 0. The van der Waals surface area contributed by atoms with Crippen LogP contribution in [-0.2, 0) is 0 Å². The molecule has 0 radical (unpaired) electrons. The Kier molecular flexibility index (Phi) is 2.29. The predicted octanol–water partition coefficient (Wildman–Crippen LogP) is 1.58. The van der Waals surface area contributed by atoms with Crippen LogP contribution in [0.15, 0.2) is 12.2 Å². The van der Waals surface area contributed by atoms with E-state index in [0.29, 0.717) is 18.4 Å². The second-order valence-electron chi connectivity index (χ2n) is 2.81. The Bertz CT molecular complexity index is 107. The average molecular weight is 126 g/mol. The van der Waals surface area contributed by atoms with Crippen molar-refractivity contribution in [3.8, 4) is 0 Å². The first kappa shape index (κ1) is 6.81. The molecule has 0 unspecified atom stereocenters. The summed E-state index contributed by atoms with van der Waals surface area (Å²) >= 11 is 0. The SMILES string of the molecule is C[C@H]1C=CCC[C@H]1CO. The van der Waals surface area contributed by atoms with Gasteiger partial charge in [-0.15, -0.1) is 0 Å². The summed E-state index contributed by atoms with van der Waals surface area (Å²) in [6.45, 7) is 2.52. The summed E-state index contributed by atoms with van der Waals surface area (Å²) < 4.78 is 0. The summed E-state index contributed by atoms with van der Waals surface area (Å²) in [5.41, 5.74) is 0. The largest absolute Gasteiger partial charge is 0.396 e. The first-order chi connectivity index (χ1) is 4.34. The molecule has 0 bridgehead atoms. The molecule has 0 saturated carbocycles. The van der Waals surface area contributed by atoms with Crippen molar-refractivity contribution in [2.24, 2.45) is 11.8 Å². The summed E-state index contributed by atoms with van der Waals surface area (Å²) in [6.07, 6.45) is 6.71. The molecule has 1 aliphatic carbocycles. The highest BCUT2D eigenvalue weighted by Crippen LogP contribution is 2.22. The monoisotopic (exact) mass is 126 g/mol. The summed E-state index contributed by atoms with van der Waals surface area (Å²) in [5, 5.41) is 8.83. The fourth-order valence-corrected chi connectivity index (χ4v) is 1.30. The Morgan fingerprint density at radius 2 is 2.44 bits per heavy atom. The van der Waals surface area contributed by atoms with Gasteiger partial charge in [0, 0.05) is 6.61 Å². The number of rotatable bonds is 1. The van der Waals surface area contributed by atoms with Gasteiger partial charge >= 0.3 is 0 Å². The van der Waals surface area contributed by atoms with E-state index in [0.717, 1.165) is 12.8 Å². The van der Waals surface area contributed by atoms with Crippen LogP contribution in [0.5, 0.6) is 0 Å². The molecule has 2 atom stereocenters. The summed E-state index contributed by atoms with van der Waals surface area (Å²) in [5.74, 6) is 1.11. The first-order valence-corrected chi connectivity index (χ1v) is 3.62. The minimum Gasteiger partial charge on any atom is -0.396 e. The van der Waals surface area contributed by atoms with Crippen LogP contribution in [0.25, 0.3) is 0 Å². The fourth-order valence-electron chi connectivity index (χ4n) is 1.30. The summed E-state index contributed by atoms with van der Waals surface area (Å²) in [7, 11) is 0. The smallest absolute Gasteiger partial charge is 0.0464 e. The van der Waals surface area contributed by atoms with E-state index in [-0.39, 0.29) is 0 Å².